The van der Waals surface area contributed by atoms with Gasteiger partial charge in [-0.15, -0.1) is 0 Å². The smallest absolute Gasteiger partial charge is 1.00 e. The normalized spacial score (nSPS) is 9.06. The van der Waals surface area contributed by atoms with Crippen LogP contribution in [-0.4, -0.2) is 34.1 Å². The number of carboxylic acid groups (broad SMARTS) is 1. The van der Waals surface area contributed by atoms with E-state index in [4.69, 9.17) is 5.11 Å². The van der Waals surface area contributed by atoms with Crippen molar-refractivity contribution in [2.24, 2.45) is 0 Å². The Labute approximate surface area is 108 Å². The molecule has 0 atom stereocenters. The van der Waals surface area contributed by atoms with Gasteiger partial charge in [0.15, 0.2) is 23.3 Å². The largest absolute Gasteiger partial charge is 2.00 e. The van der Waals surface area contributed by atoms with Crippen LogP contribution in [0.4, 0.5) is 22.0 Å². The van der Waals surface area contributed by atoms with Gasteiger partial charge in [-0.3, -0.25) is 0 Å². The van der Waals surface area contributed by atoms with Gasteiger partial charge >= 0.3 is 29.0 Å². The number of halogens is 6. The summed E-state index contributed by atoms with van der Waals surface area (Å²) in [5, 5.41) is 8.15. The minimum Gasteiger partial charge on any atom is -1.00 e. The third-order valence-electron chi connectivity index (χ3n) is 1.42. The number of carboxylic acids is 1. The third-order valence-corrected chi connectivity index (χ3v) is 1.42. The summed E-state index contributed by atoms with van der Waals surface area (Å²) < 4.78 is 62.1. The summed E-state index contributed by atoms with van der Waals surface area (Å²) in [6.07, 6.45) is 0. The first kappa shape index (κ1) is 17.8. The van der Waals surface area contributed by atoms with Crippen LogP contribution in [0.25, 0.3) is 0 Å². The number of benzene rings is 1. The molecule has 0 spiro atoms. The van der Waals surface area contributed by atoms with Crippen LogP contribution >= 0.6 is 0 Å². The summed E-state index contributed by atoms with van der Waals surface area (Å²) in [5.74, 6) is -13.9. The standard InChI is InChI=1S/C7HF5O2.ClH.Mg/c8-2-1(7(13)14)3(9)5(11)6(12)4(2)10;;/h(H,13,14);1H;/q;;+2/p-1. The number of carbonyl (C=O) groups is 1. The van der Waals surface area contributed by atoms with E-state index in [0.717, 1.165) is 0 Å². The monoisotopic (exact) mass is 271 g/mol. The topological polar surface area (TPSA) is 37.3 Å². The number of rotatable bonds is 1. The molecule has 0 aromatic heterocycles. The van der Waals surface area contributed by atoms with Gasteiger partial charge in [-0.1, -0.05) is 0 Å². The van der Waals surface area contributed by atoms with Crippen LogP contribution in [0.3, 0.4) is 0 Å². The van der Waals surface area contributed by atoms with E-state index in [1.807, 2.05) is 0 Å². The van der Waals surface area contributed by atoms with Crippen LogP contribution in [0.1, 0.15) is 10.4 Å². The molecule has 16 heavy (non-hydrogen) atoms. The number of aromatic carboxylic acids is 1. The van der Waals surface area contributed by atoms with Crippen LogP contribution in [0, 0.1) is 29.1 Å². The maximum atomic E-state index is 12.6. The summed E-state index contributed by atoms with van der Waals surface area (Å²) in [7, 11) is 0. The Morgan fingerprint density at radius 3 is 1.31 bits per heavy atom. The average Bonchev–Trinajstić information content (AvgIpc) is 2.11. The van der Waals surface area contributed by atoms with E-state index < -0.39 is 40.6 Å². The van der Waals surface area contributed by atoms with Crippen molar-refractivity contribution in [3.63, 3.8) is 0 Å². The molecule has 1 N–H and O–H groups in total. The molecule has 0 saturated carbocycles. The van der Waals surface area contributed by atoms with Crippen molar-refractivity contribution in [3.8, 4) is 0 Å². The summed E-state index contributed by atoms with van der Waals surface area (Å²) in [6, 6.07) is 0. The van der Waals surface area contributed by atoms with E-state index in [1.54, 1.807) is 0 Å². The second-order valence-electron chi connectivity index (χ2n) is 2.25. The molecule has 0 bridgehead atoms. The van der Waals surface area contributed by atoms with E-state index in [0.29, 0.717) is 0 Å². The molecule has 1 aromatic rings. The fourth-order valence-corrected chi connectivity index (χ4v) is 0.793. The van der Waals surface area contributed by atoms with Gasteiger partial charge in [-0.05, 0) is 0 Å². The second-order valence-corrected chi connectivity index (χ2v) is 2.25. The molecule has 2 nitrogen and oxygen atoms in total. The Balaban J connectivity index is 0. The zero-order valence-electron chi connectivity index (χ0n) is 7.33. The predicted molar refractivity (Wildman–Crippen MR) is 38.9 cm³/mol. The van der Waals surface area contributed by atoms with E-state index >= 15 is 0 Å². The number of hydrogen-bond acceptors (Lipinski definition) is 1. The van der Waals surface area contributed by atoms with Crippen LogP contribution in [0.5, 0.6) is 0 Å². The van der Waals surface area contributed by atoms with Crippen molar-refractivity contribution >= 4 is 29.0 Å². The van der Waals surface area contributed by atoms with Gasteiger partial charge in [0.1, 0.15) is 5.56 Å². The van der Waals surface area contributed by atoms with Crippen LogP contribution in [0.2, 0.25) is 0 Å². The van der Waals surface area contributed by atoms with Crippen LogP contribution < -0.4 is 12.4 Å². The zero-order chi connectivity index (χ0) is 11.0. The fraction of sp³-hybridized carbons (Fsp3) is 0. The predicted octanol–water partition coefficient (Wildman–Crippen LogP) is -1.30. The minimum atomic E-state index is -2.38. The van der Waals surface area contributed by atoms with E-state index in [9.17, 15) is 26.7 Å². The molecule has 0 heterocycles. The van der Waals surface area contributed by atoms with E-state index in [-0.39, 0.29) is 35.5 Å². The quantitative estimate of drug-likeness (QED) is 0.299. The van der Waals surface area contributed by atoms with Crippen molar-refractivity contribution in [2.75, 3.05) is 0 Å². The first-order valence-electron chi connectivity index (χ1n) is 3.12. The van der Waals surface area contributed by atoms with Crippen molar-refractivity contribution in [2.45, 2.75) is 0 Å². The van der Waals surface area contributed by atoms with Crippen molar-refractivity contribution in [1.82, 2.24) is 0 Å². The van der Waals surface area contributed by atoms with Crippen LogP contribution in [-0.2, 0) is 0 Å². The van der Waals surface area contributed by atoms with Gasteiger partial charge < -0.3 is 17.5 Å². The van der Waals surface area contributed by atoms with Gasteiger partial charge in [0.05, 0.1) is 0 Å². The first-order valence-corrected chi connectivity index (χ1v) is 3.12. The molecule has 0 amide bonds. The zero-order valence-corrected chi connectivity index (χ0v) is 9.50. The summed E-state index contributed by atoms with van der Waals surface area (Å²) in [4.78, 5) is 10.1. The van der Waals surface area contributed by atoms with Crippen molar-refractivity contribution in [1.29, 1.82) is 0 Å². The molecule has 9 heteroatoms. The Morgan fingerprint density at radius 2 is 1.06 bits per heavy atom. The molecule has 0 aliphatic heterocycles. The minimum absolute atomic E-state index is 0. The first-order chi connectivity index (χ1) is 6.37. The Kier molecular flexibility index (Phi) is 6.90. The van der Waals surface area contributed by atoms with Gasteiger partial charge in [0.25, 0.3) is 0 Å². The molecule has 1 rings (SSSR count). The summed E-state index contributed by atoms with van der Waals surface area (Å²) in [5.41, 5.74) is -1.86. The molecular weight excluding hydrogens is 271 g/mol. The van der Waals surface area contributed by atoms with Crippen molar-refractivity contribution < 1.29 is 44.3 Å². The molecule has 1 aromatic carbocycles. The van der Waals surface area contributed by atoms with Gasteiger partial charge in [0.2, 0.25) is 5.82 Å². The molecule has 0 unspecified atom stereocenters. The van der Waals surface area contributed by atoms with Gasteiger partial charge in [-0.2, -0.15) is 0 Å². The molecule has 0 aliphatic rings. The van der Waals surface area contributed by atoms with Gasteiger partial charge in [0, 0.05) is 0 Å². The molecule has 84 valence electrons. The Hall–Kier alpha value is -0.604. The number of hydrogen-bond donors (Lipinski definition) is 1. The summed E-state index contributed by atoms with van der Waals surface area (Å²) >= 11 is 0. The molecular formula is C7HClF5MgO2+. The third kappa shape index (κ3) is 2.74. The van der Waals surface area contributed by atoms with E-state index in [2.05, 4.69) is 0 Å². The Morgan fingerprint density at radius 1 is 0.812 bits per heavy atom. The Bertz CT molecular complexity index is 397. The molecule has 0 saturated heterocycles. The molecule has 0 fully saturated rings. The molecule has 0 aliphatic carbocycles. The molecule has 0 radical (unpaired) electrons. The van der Waals surface area contributed by atoms with E-state index in [1.165, 1.54) is 0 Å². The SMILES string of the molecule is O=C(O)c1c(F)c(F)c(F)c(F)c1F.[Cl-].[Mg+2]. The van der Waals surface area contributed by atoms with Crippen molar-refractivity contribution in [3.05, 3.63) is 34.6 Å². The second kappa shape index (κ2) is 6.21. The maximum absolute atomic E-state index is 12.6. The summed E-state index contributed by atoms with van der Waals surface area (Å²) in [6.45, 7) is 0. The average molecular weight is 272 g/mol. The fourth-order valence-electron chi connectivity index (χ4n) is 0.793. The maximum Gasteiger partial charge on any atom is 2.00 e. The van der Waals surface area contributed by atoms with Crippen LogP contribution in [0.15, 0.2) is 0 Å². The van der Waals surface area contributed by atoms with Gasteiger partial charge in [-0.25, -0.2) is 26.7 Å².